The Morgan fingerprint density at radius 3 is 2.75 bits per heavy atom. The number of hydrogen-bond donors (Lipinski definition) is 2. The van der Waals surface area contributed by atoms with Crippen molar-refractivity contribution in [1.82, 2.24) is 4.90 Å². The van der Waals surface area contributed by atoms with Gasteiger partial charge in [-0.2, -0.15) is 0 Å². The van der Waals surface area contributed by atoms with Crippen LogP contribution in [0.3, 0.4) is 0 Å². The summed E-state index contributed by atoms with van der Waals surface area (Å²) in [5.74, 6) is -1.38. The Morgan fingerprint density at radius 2 is 2.15 bits per heavy atom. The van der Waals surface area contributed by atoms with Crippen LogP contribution in [0, 0.1) is 0 Å². The van der Waals surface area contributed by atoms with E-state index in [9.17, 15) is 15.0 Å². The quantitative estimate of drug-likeness (QED) is 0.839. The first-order chi connectivity index (χ1) is 9.61. The molecule has 1 heterocycles. The molecule has 1 aromatic carbocycles. The Hall–Kier alpha value is -1.43. The van der Waals surface area contributed by atoms with Gasteiger partial charge in [-0.15, -0.1) is 0 Å². The number of hydrogen-bond acceptors (Lipinski definition) is 4. The maximum atomic E-state index is 11.5. The van der Waals surface area contributed by atoms with Crippen LogP contribution in [0.4, 0.5) is 0 Å². The van der Waals surface area contributed by atoms with Gasteiger partial charge in [0, 0.05) is 19.1 Å². The molecular formula is C15H21NO4. The van der Waals surface area contributed by atoms with Crippen LogP contribution in [0.1, 0.15) is 18.4 Å². The Kier molecular flexibility index (Phi) is 5.11. The van der Waals surface area contributed by atoms with Crippen molar-refractivity contribution in [3.63, 3.8) is 0 Å². The molecule has 0 bridgehead atoms. The maximum Gasteiger partial charge on any atom is 0.312 e. The van der Waals surface area contributed by atoms with Crippen LogP contribution in [0.25, 0.3) is 0 Å². The van der Waals surface area contributed by atoms with Crippen LogP contribution >= 0.6 is 0 Å². The summed E-state index contributed by atoms with van der Waals surface area (Å²) >= 11 is 0. The summed E-state index contributed by atoms with van der Waals surface area (Å²) in [5, 5.41) is 18.6. The smallest absolute Gasteiger partial charge is 0.312 e. The lowest BCUT2D eigenvalue weighted by Gasteiger charge is -2.38. The molecule has 0 radical (unpaired) electrons. The molecule has 2 rings (SSSR count). The van der Waals surface area contributed by atoms with E-state index in [-0.39, 0.29) is 18.8 Å². The number of benzene rings is 1. The fourth-order valence-electron chi connectivity index (χ4n) is 2.49. The number of rotatable bonds is 5. The summed E-state index contributed by atoms with van der Waals surface area (Å²) in [7, 11) is 0. The van der Waals surface area contributed by atoms with Gasteiger partial charge in [-0.25, -0.2) is 0 Å². The van der Waals surface area contributed by atoms with E-state index < -0.39 is 11.9 Å². The lowest BCUT2D eigenvalue weighted by Crippen LogP contribution is -2.51. The number of aliphatic hydroxyl groups excluding tert-OH is 1. The summed E-state index contributed by atoms with van der Waals surface area (Å²) < 4.78 is 5.48. The highest BCUT2D eigenvalue weighted by Crippen LogP contribution is 2.21. The number of ether oxygens (including phenoxy) is 1. The molecule has 110 valence electrons. The number of morpholine rings is 1. The van der Waals surface area contributed by atoms with Crippen molar-refractivity contribution in [2.45, 2.75) is 25.0 Å². The molecule has 1 aromatic rings. The predicted molar refractivity (Wildman–Crippen MR) is 74.7 cm³/mol. The van der Waals surface area contributed by atoms with Crippen molar-refractivity contribution >= 4 is 5.97 Å². The third-order valence-corrected chi connectivity index (χ3v) is 3.76. The van der Waals surface area contributed by atoms with E-state index >= 15 is 0 Å². The van der Waals surface area contributed by atoms with Crippen LogP contribution < -0.4 is 0 Å². The second kappa shape index (κ2) is 6.83. The van der Waals surface area contributed by atoms with Gasteiger partial charge in [-0.1, -0.05) is 30.3 Å². The van der Waals surface area contributed by atoms with Crippen molar-refractivity contribution in [3.05, 3.63) is 35.9 Å². The van der Waals surface area contributed by atoms with E-state index in [1.165, 1.54) is 0 Å². The normalized spacial score (nSPS) is 25.3. The topological polar surface area (TPSA) is 70.0 Å². The molecule has 1 aliphatic rings. The maximum absolute atomic E-state index is 11.5. The first kappa shape index (κ1) is 15.0. The average molecular weight is 279 g/mol. The largest absolute Gasteiger partial charge is 0.481 e. The molecule has 5 heteroatoms. The van der Waals surface area contributed by atoms with E-state index in [1.807, 2.05) is 37.3 Å². The van der Waals surface area contributed by atoms with Gasteiger partial charge >= 0.3 is 5.97 Å². The second-order valence-corrected chi connectivity index (χ2v) is 5.24. The van der Waals surface area contributed by atoms with Gasteiger partial charge in [0.25, 0.3) is 0 Å². The standard InChI is InChI=1S/C15H21NO4/c1-11-10-20-13(9-17)7-16(11)8-14(15(18)19)12-5-3-2-4-6-12/h2-6,11,13-14,17H,7-10H2,1H3,(H,18,19). The minimum Gasteiger partial charge on any atom is -0.481 e. The zero-order valence-electron chi connectivity index (χ0n) is 11.6. The molecular weight excluding hydrogens is 258 g/mol. The van der Waals surface area contributed by atoms with Gasteiger partial charge in [-0.05, 0) is 12.5 Å². The summed E-state index contributed by atoms with van der Waals surface area (Å²) in [6.07, 6.45) is -0.226. The third-order valence-electron chi connectivity index (χ3n) is 3.76. The van der Waals surface area contributed by atoms with E-state index in [2.05, 4.69) is 4.90 Å². The van der Waals surface area contributed by atoms with Crippen molar-refractivity contribution in [2.24, 2.45) is 0 Å². The first-order valence-electron chi connectivity index (χ1n) is 6.86. The van der Waals surface area contributed by atoms with Gasteiger partial charge in [0.1, 0.15) is 0 Å². The van der Waals surface area contributed by atoms with Crippen LogP contribution in [-0.4, -0.2) is 59.5 Å². The van der Waals surface area contributed by atoms with Gasteiger partial charge in [-0.3, -0.25) is 9.69 Å². The van der Waals surface area contributed by atoms with Crippen molar-refractivity contribution < 1.29 is 19.7 Å². The van der Waals surface area contributed by atoms with E-state index in [0.29, 0.717) is 19.7 Å². The number of aliphatic carboxylic acids is 1. The lowest BCUT2D eigenvalue weighted by molar-refractivity contribution is -0.140. The third kappa shape index (κ3) is 3.56. The van der Waals surface area contributed by atoms with E-state index in [1.54, 1.807) is 0 Å². The van der Waals surface area contributed by atoms with Gasteiger partial charge in [0.2, 0.25) is 0 Å². The molecule has 2 N–H and O–H groups in total. The van der Waals surface area contributed by atoms with Crippen LogP contribution in [-0.2, 0) is 9.53 Å². The van der Waals surface area contributed by atoms with E-state index in [0.717, 1.165) is 5.56 Å². The zero-order valence-corrected chi connectivity index (χ0v) is 11.6. The summed E-state index contributed by atoms with van der Waals surface area (Å²) in [6.45, 7) is 3.49. The predicted octanol–water partition coefficient (Wildman–Crippen LogP) is 0.936. The SMILES string of the molecule is CC1COC(CO)CN1CC(C(=O)O)c1ccccc1. The van der Waals surface area contributed by atoms with Gasteiger partial charge < -0.3 is 14.9 Å². The Balaban J connectivity index is 2.09. The minimum atomic E-state index is -0.824. The van der Waals surface area contributed by atoms with Crippen molar-refractivity contribution in [2.75, 3.05) is 26.3 Å². The Morgan fingerprint density at radius 1 is 1.45 bits per heavy atom. The molecule has 1 fully saturated rings. The van der Waals surface area contributed by atoms with Crippen LogP contribution in [0.15, 0.2) is 30.3 Å². The lowest BCUT2D eigenvalue weighted by atomic mass is 9.97. The Bertz CT molecular complexity index is 437. The average Bonchev–Trinajstić information content (AvgIpc) is 2.47. The highest BCUT2D eigenvalue weighted by molar-refractivity contribution is 5.76. The monoisotopic (exact) mass is 279 g/mol. The molecule has 0 saturated carbocycles. The van der Waals surface area contributed by atoms with Crippen molar-refractivity contribution in [1.29, 1.82) is 0 Å². The second-order valence-electron chi connectivity index (χ2n) is 5.24. The summed E-state index contributed by atoms with van der Waals surface area (Å²) in [4.78, 5) is 13.6. The van der Waals surface area contributed by atoms with E-state index in [4.69, 9.17) is 4.74 Å². The summed E-state index contributed by atoms with van der Waals surface area (Å²) in [6, 6.07) is 9.42. The molecule has 5 nitrogen and oxygen atoms in total. The van der Waals surface area contributed by atoms with Gasteiger partial charge in [0.15, 0.2) is 0 Å². The number of nitrogens with zero attached hydrogens (tertiary/aromatic N) is 1. The molecule has 0 aromatic heterocycles. The number of carbonyl (C=O) groups is 1. The molecule has 1 saturated heterocycles. The Labute approximate surface area is 118 Å². The fraction of sp³-hybridized carbons (Fsp3) is 0.533. The molecule has 3 unspecified atom stereocenters. The van der Waals surface area contributed by atoms with Crippen LogP contribution in [0.2, 0.25) is 0 Å². The highest BCUT2D eigenvalue weighted by Gasteiger charge is 2.30. The first-order valence-corrected chi connectivity index (χ1v) is 6.86. The van der Waals surface area contributed by atoms with Crippen molar-refractivity contribution in [3.8, 4) is 0 Å². The number of carboxylic acid groups (broad SMARTS) is 1. The highest BCUT2D eigenvalue weighted by atomic mass is 16.5. The molecule has 0 spiro atoms. The molecule has 20 heavy (non-hydrogen) atoms. The van der Waals surface area contributed by atoms with Gasteiger partial charge in [0.05, 0.1) is 25.2 Å². The minimum absolute atomic E-state index is 0.0354. The molecule has 1 aliphatic heterocycles. The zero-order chi connectivity index (χ0) is 14.5. The number of carboxylic acids is 1. The molecule has 0 amide bonds. The van der Waals surface area contributed by atoms with Crippen LogP contribution in [0.5, 0.6) is 0 Å². The molecule has 3 atom stereocenters. The summed E-state index contributed by atoms with van der Waals surface area (Å²) in [5.41, 5.74) is 0.805. The molecule has 0 aliphatic carbocycles. The number of aliphatic hydroxyl groups is 1. The fourth-order valence-corrected chi connectivity index (χ4v) is 2.49.